The van der Waals surface area contributed by atoms with Crippen LogP contribution in [0.2, 0.25) is 0 Å². The van der Waals surface area contributed by atoms with Gasteiger partial charge in [0.25, 0.3) is 0 Å². The average molecular weight is 198 g/mol. The summed E-state index contributed by atoms with van der Waals surface area (Å²) in [4.78, 5) is 4.98. The molecule has 0 radical (unpaired) electrons. The Labute approximate surface area is 89.3 Å². The monoisotopic (exact) mass is 198 g/mol. The Kier molecular flexibility index (Phi) is 2.75. The van der Waals surface area contributed by atoms with Crippen LogP contribution in [0, 0.1) is 0 Å². The smallest absolute Gasteiger partial charge is 0.0453 e. The first-order valence-corrected chi connectivity index (χ1v) is 5.59. The lowest BCUT2D eigenvalue weighted by molar-refractivity contribution is -0.173. The molecule has 0 spiro atoms. The molecule has 0 unspecified atom stereocenters. The molecule has 0 amide bonds. The number of hydrogen-bond acceptors (Lipinski definition) is 2. The first kappa shape index (κ1) is 12.0. The average Bonchev–Trinajstić information content (AvgIpc) is 2.01. The molecule has 2 nitrogen and oxygen atoms in total. The highest BCUT2D eigenvalue weighted by Crippen LogP contribution is 2.46. The minimum Gasteiger partial charge on any atom is -0.297 e. The Morgan fingerprint density at radius 1 is 1.07 bits per heavy atom. The highest BCUT2D eigenvalue weighted by molar-refractivity contribution is 5.17. The molecule has 14 heavy (non-hydrogen) atoms. The van der Waals surface area contributed by atoms with E-state index in [2.05, 4.69) is 65.4 Å². The van der Waals surface area contributed by atoms with E-state index in [1.165, 1.54) is 0 Å². The van der Waals surface area contributed by atoms with E-state index in [9.17, 15) is 0 Å². The van der Waals surface area contributed by atoms with Crippen molar-refractivity contribution in [1.82, 2.24) is 9.80 Å². The predicted octanol–water partition coefficient (Wildman–Crippen LogP) is 2.20. The molecule has 1 heterocycles. The lowest BCUT2D eigenvalue weighted by Gasteiger charge is -2.68. The van der Waals surface area contributed by atoms with Crippen LogP contribution in [0.25, 0.3) is 0 Å². The van der Waals surface area contributed by atoms with Crippen molar-refractivity contribution in [2.75, 3.05) is 14.1 Å². The van der Waals surface area contributed by atoms with Crippen LogP contribution in [0.4, 0.5) is 0 Å². The van der Waals surface area contributed by atoms with Gasteiger partial charge in [0.1, 0.15) is 0 Å². The second-order valence-electron chi connectivity index (χ2n) is 6.03. The lowest BCUT2D eigenvalue weighted by Crippen LogP contribution is -2.82. The van der Waals surface area contributed by atoms with Crippen molar-refractivity contribution in [2.45, 2.75) is 64.7 Å². The molecule has 1 fully saturated rings. The van der Waals surface area contributed by atoms with Gasteiger partial charge >= 0.3 is 0 Å². The molecular formula is C12H26N2. The summed E-state index contributed by atoms with van der Waals surface area (Å²) < 4.78 is 0. The normalized spacial score (nSPS) is 27.0. The minimum atomic E-state index is 0.294. The summed E-state index contributed by atoms with van der Waals surface area (Å²) in [7, 11) is 4.47. The molecule has 0 N–H and O–H groups in total. The Hall–Kier alpha value is -0.0800. The van der Waals surface area contributed by atoms with Crippen molar-refractivity contribution < 1.29 is 0 Å². The second kappa shape index (κ2) is 3.21. The zero-order valence-corrected chi connectivity index (χ0v) is 11.0. The second-order valence-corrected chi connectivity index (χ2v) is 6.03. The Morgan fingerprint density at radius 2 is 1.43 bits per heavy atom. The Morgan fingerprint density at radius 3 is 1.71 bits per heavy atom. The summed E-state index contributed by atoms with van der Waals surface area (Å²) in [5, 5.41) is 0. The molecule has 84 valence electrons. The van der Waals surface area contributed by atoms with Crippen LogP contribution in [0.5, 0.6) is 0 Å². The molecule has 0 atom stereocenters. The lowest BCUT2D eigenvalue weighted by atomic mass is 9.67. The number of rotatable bonds is 2. The fourth-order valence-corrected chi connectivity index (χ4v) is 3.20. The van der Waals surface area contributed by atoms with Crippen LogP contribution in [0.3, 0.4) is 0 Å². The molecule has 1 aliphatic rings. The summed E-state index contributed by atoms with van der Waals surface area (Å²) in [6.45, 7) is 13.9. The summed E-state index contributed by atoms with van der Waals surface area (Å²) in [6, 6.07) is 1.26. The SMILES string of the molecule is CC(C)N(C)C1C(C)(C)N(C)C1(C)C. The van der Waals surface area contributed by atoms with Crippen LogP contribution >= 0.6 is 0 Å². The summed E-state index contributed by atoms with van der Waals surface area (Å²) >= 11 is 0. The standard InChI is InChI=1S/C12H26N2/c1-9(2)13(7)10-11(3,4)14(8)12(10,5)6/h9-10H,1-8H3. The summed E-state index contributed by atoms with van der Waals surface area (Å²) in [5.41, 5.74) is 0.588. The minimum absolute atomic E-state index is 0.294. The van der Waals surface area contributed by atoms with Gasteiger partial charge in [-0.3, -0.25) is 9.80 Å². The van der Waals surface area contributed by atoms with E-state index in [-0.39, 0.29) is 0 Å². The first-order chi connectivity index (χ1) is 6.13. The van der Waals surface area contributed by atoms with E-state index in [1.807, 2.05) is 0 Å². The van der Waals surface area contributed by atoms with Gasteiger partial charge in [-0.1, -0.05) is 0 Å². The van der Waals surface area contributed by atoms with Crippen LogP contribution in [-0.2, 0) is 0 Å². The number of likely N-dealkylation sites (N-methyl/N-ethyl adjacent to an activating group) is 2. The zero-order valence-electron chi connectivity index (χ0n) is 11.0. The number of likely N-dealkylation sites (tertiary alicyclic amines) is 1. The molecule has 1 saturated heterocycles. The molecule has 0 bridgehead atoms. The maximum absolute atomic E-state index is 2.50. The predicted molar refractivity (Wildman–Crippen MR) is 62.6 cm³/mol. The highest BCUT2D eigenvalue weighted by atomic mass is 15.4. The fraction of sp³-hybridized carbons (Fsp3) is 1.00. The number of hydrogen-bond donors (Lipinski definition) is 0. The van der Waals surface area contributed by atoms with Crippen LogP contribution in [0.15, 0.2) is 0 Å². The van der Waals surface area contributed by atoms with Gasteiger partial charge in [0, 0.05) is 23.2 Å². The van der Waals surface area contributed by atoms with Gasteiger partial charge in [0.2, 0.25) is 0 Å². The molecule has 0 aromatic rings. The van der Waals surface area contributed by atoms with Gasteiger partial charge in [-0.2, -0.15) is 0 Å². The highest BCUT2D eigenvalue weighted by Gasteiger charge is 2.59. The van der Waals surface area contributed by atoms with E-state index >= 15 is 0 Å². The Bertz CT molecular complexity index is 202. The van der Waals surface area contributed by atoms with E-state index in [0.717, 1.165) is 0 Å². The topological polar surface area (TPSA) is 6.48 Å². The van der Waals surface area contributed by atoms with Crippen LogP contribution < -0.4 is 0 Å². The molecule has 2 heteroatoms. The molecule has 1 aliphatic heterocycles. The van der Waals surface area contributed by atoms with Gasteiger partial charge in [0.15, 0.2) is 0 Å². The molecular weight excluding hydrogens is 172 g/mol. The summed E-state index contributed by atoms with van der Waals surface area (Å²) in [5.74, 6) is 0. The van der Waals surface area contributed by atoms with Crippen molar-refractivity contribution in [3.05, 3.63) is 0 Å². The third-order valence-electron chi connectivity index (χ3n) is 4.29. The van der Waals surface area contributed by atoms with Crippen molar-refractivity contribution in [1.29, 1.82) is 0 Å². The molecule has 1 rings (SSSR count). The number of nitrogens with zero attached hydrogens (tertiary/aromatic N) is 2. The maximum Gasteiger partial charge on any atom is 0.0453 e. The van der Waals surface area contributed by atoms with Gasteiger partial charge < -0.3 is 0 Å². The van der Waals surface area contributed by atoms with Crippen molar-refractivity contribution >= 4 is 0 Å². The van der Waals surface area contributed by atoms with E-state index in [0.29, 0.717) is 23.2 Å². The van der Waals surface area contributed by atoms with Crippen molar-refractivity contribution in [3.63, 3.8) is 0 Å². The van der Waals surface area contributed by atoms with Gasteiger partial charge in [0.05, 0.1) is 0 Å². The van der Waals surface area contributed by atoms with E-state index in [1.54, 1.807) is 0 Å². The third kappa shape index (κ3) is 1.40. The van der Waals surface area contributed by atoms with E-state index < -0.39 is 0 Å². The Balaban J connectivity index is 2.88. The summed E-state index contributed by atoms with van der Waals surface area (Å²) in [6.07, 6.45) is 0. The van der Waals surface area contributed by atoms with Crippen LogP contribution in [-0.4, -0.2) is 47.1 Å². The van der Waals surface area contributed by atoms with Crippen molar-refractivity contribution in [2.24, 2.45) is 0 Å². The van der Waals surface area contributed by atoms with Gasteiger partial charge in [-0.05, 0) is 55.6 Å². The maximum atomic E-state index is 2.50. The van der Waals surface area contributed by atoms with Gasteiger partial charge in [-0.25, -0.2) is 0 Å². The largest absolute Gasteiger partial charge is 0.297 e. The van der Waals surface area contributed by atoms with Crippen molar-refractivity contribution in [3.8, 4) is 0 Å². The van der Waals surface area contributed by atoms with Crippen LogP contribution in [0.1, 0.15) is 41.5 Å². The zero-order chi connectivity index (χ0) is 11.3. The third-order valence-corrected chi connectivity index (χ3v) is 4.29. The van der Waals surface area contributed by atoms with Gasteiger partial charge in [-0.15, -0.1) is 0 Å². The first-order valence-electron chi connectivity index (χ1n) is 5.59. The van der Waals surface area contributed by atoms with E-state index in [4.69, 9.17) is 0 Å². The molecule has 0 aromatic carbocycles. The molecule has 0 aromatic heterocycles. The molecule has 0 aliphatic carbocycles. The fourth-order valence-electron chi connectivity index (χ4n) is 3.20. The molecule has 0 saturated carbocycles. The quantitative estimate of drug-likeness (QED) is 0.671.